The van der Waals surface area contributed by atoms with Crippen molar-refractivity contribution in [3.05, 3.63) is 29.8 Å². The molecule has 1 aromatic carbocycles. The molecular formula is C17H26N2O2. The van der Waals surface area contributed by atoms with Crippen molar-refractivity contribution in [1.29, 1.82) is 0 Å². The first kappa shape index (κ1) is 15.8. The van der Waals surface area contributed by atoms with Gasteiger partial charge >= 0.3 is 0 Å². The van der Waals surface area contributed by atoms with Crippen molar-refractivity contribution in [3.63, 3.8) is 0 Å². The average molecular weight is 290 g/mol. The Morgan fingerprint density at radius 3 is 2.57 bits per heavy atom. The summed E-state index contributed by atoms with van der Waals surface area (Å²) >= 11 is 0. The summed E-state index contributed by atoms with van der Waals surface area (Å²) in [7, 11) is 0. The van der Waals surface area contributed by atoms with Crippen molar-refractivity contribution in [2.24, 2.45) is 5.92 Å². The predicted molar refractivity (Wildman–Crippen MR) is 84.4 cm³/mol. The molecule has 2 atom stereocenters. The normalized spacial score (nSPS) is 19.9. The number of amides is 1. The first-order valence-corrected chi connectivity index (χ1v) is 7.88. The highest BCUT2D eigenvalue weighted by Gasteiger charge is 2.28. The highest BCUT2D eigenvalue weighted by Crippen LogP contribution is 2.23. The minimum atomic E-state index is 0.180. The van der Waals surface area contributed by atoms with Crippen LogP contribution in [0.2, 0.25) is 0 Å². The van der Waals surface area contributed by atoms with Gasteiger partial charge in [-0.2, -0.15) is 0 Å². The van der Waals surface area contributed by atoms with Gasteiger partial charge in [-0.3, -0.25) is 4.79 Å². The molecule has 1 heterocycles. The summed E-state index contributed by atoms with van der Waals surface area (Å²) < 4.78 is 5.48. The van der Waals surface area contributed by atoms with Gasteiger partial charge in [-0.05, 0) is 37.1 Å². The lowest BCUT2D eigenvalue weighted by molar-refractivity contribution is -0.128. The minimum absolute atomic E-state index is 0.180. The van der Waals surface area contributed by atoms with Gasteiger partial charge in [-0.25, -0.2) is 0 Å². The summed E-state index contributed by atoms with van der Waals surface area (Å²) in [5.74, 6) is 1.64. The lowest BCUT2D eigenvalue weighted by atomic mass is 10.1. The summed E-state index contributed by atoms with van der Waals surface area (Å²) in [6, 6.07) is 8.35. The van der Waals surface area contributed by atoms with E-state index in [1.165, 1.54) is 5.56 Å². The van der Waals surface area contributed by atoms with Crippen LogP contribution in [0.5, 0.6) is 5.75 Å². The van der Waals surface area contributed by atoms with Gasteiger partial charge in [0.15, 0.2) is 0 Å². The number of hydrogen-bond donors (Lipinski definition) is 1. The number of likely N-dealkylation sites (N-methyl/N-ethyl adjacent to an activating group) is 1. The molecule has 2 unspecified atom stereocenters. The van der Waals surface area contributed by atoms with Gasteiger partial charge in [-0.15, -0.1) is 0 Å². The summed E-state index contributed by atoms with van der Waals surface area (Å²) in [5, 5.41) is 3.48. The molecule has 116 valence electrons. The SMILES string of the molecule is CCNC(CN1CC(C)CC1=O)c1ccc(OCC)cc1. The second-order valence-electron chi connectivity index (χ2n) is 5.72. The van der Waals surface area contributed by atoms with E-state index in [4.69, 9.17) is 4.74 Å². The van der Waals surface area contributed by atoms with E-state index in [1.54, 1.807) is 0 Å². The minimum Gasteiger partial charge on any atom is -0.494 e. The predicted octanol–water partition coefficient (Wildman–Crippen LogP) is 2.60. The second-order valence-corrected chi connectivity index (χ2v) is 5.72. The fourth-order valence-electron chi connectivity index (χ4n) is 2.86. The van der Waals surface area contributed by atoms with Crippen LogP contribution in [0, 0.1) is 5.92 Å². The molecule has 1 aliphatic rings. The Morgan fingerprint density at radius 2 is 2.05 bits per heavy atom. The number of ether oxygens (including phenoxy) is 1. The fraction of sp³-hybridized carbons (Fsp3) is 0.588. The van der Waals surface area contributed by atoms with E-state index in [0.29, 0.717) is 18.9 Å². The number of carbonyl (C=O) groups is 1. The zero-order valence-corrected chi connectivity index (χ0v) is 13.3. The smallest absolute Gasteiger partial charge is 0.222 e. The van der Waals surface area contributed by atoms with Crippen molar-refractivity contribution >= 4 is 5.91 Å². The highest BCUT2D eigenvalue weighted by atomic mass is 16.5. The molecule has 2 rings (SSSR count). The Labute approximate surface area is 127 Å². The summed E-state index contributed by atoms with van der Waals surface area (Å²) in [6.07, 6.45) is 0.683. The number of benzene rings is 1. The number of hydrogen-bond acceptors (Lipinski definition) is 3. The maximum Gasteiger partial charge on any atom is 0.222 e. The van der Waals surface area contributed by atoms with E-state index in [9.17, 15) is 4.79 Å². The van der Waals surface area contributed by atoms with E-state index in [2.05, 4.69) is 31.3 Å². The van der Waals surface area contributed by atoms with Gasteiger partial charge in [0.2, 0.25) is 5.91 Å². The summed E-state index contributed by atoms with van der Waals surface area (Å²) in [4.78, 5) is 14.0. The molecule has 1 aliphatic heterocycles. The number of likely N-dealkylation sites (tertiary alicyclic amines) is 1. The average Bonchev–Trinajstić information content (AvgIpc) is 2.78. The van der Waals surface area contributed by atoms with Gasteiger partial charge in [-0.1, -0.05) is 26.0 Å². The lowest BCUT2D eigenvalue weighted by Crippen LogP contribution is -2.36. The topological polar surface area (TPSA) is 41.6 Å². The molecule has 21 heavy (non-hydrogen) atoms. The molecule has 1 amide bonds. The molecule has 0 radical (unpaired) electrons. The molecule has 0 spiro atoms. The number of nitrogens with one attached hydrogen (secondary N) is 1. The van der Waals surface area contributed by atoms with Crippen molar-refractivity contribution in [1.82, 2.24) is 10.2 Å². The zero-order valence-electron chi connectivity index (χ0n) is 13.3. The van der Waals surface area contributed by atoms with E-state index in [1.807, 2.05) is 24.0 Å². The third-order valence-electron chi connectivity index (χ3n) is 3.85. The van der Waals surface area contributed by atoms with Crippen LogP contribution in [-0.2, 0) is 4.79 Å². The zero-order chi connectivity index (χ0) is 15.2. The van der Waals surface area contributed by atoms with Gasteiger partial charge in [0.25, 0.3) is 0 Å². The first-order valence-electron chi connectivity index (χ1n) is 7.88. The van der Waals surface area contributed by atoms with Crippen molar-refractivity contribution in [2.45, 2.75) is 33.2 Å². The molecule has 0 aromatic heterocycles. The standard InChI is InChI=1S/C17H26N2O2/c1-4-18-16(12-19-11-13(3)10-17(19)20)14-6-8-15(9-7-14)21-5-2/h6-9,13,16,18H,4-5,10-12H2,1-3H3. The Morgan fingerprint density at radius 1 is 1.33 bits per heavy atom. The van der Waals surface area contributed by atoms with Gasteiger partial charge < -0.3 is 15.0 Å². The molecular weight excluding hydrogens is 264 g/mol. The molecule has 1 aromatic rings. The van der Waals surface area contributed by atoms with Crippen molar-refractivity contribution < 1.29 is 9.53 Å². The van der Waals surface area contributed by atoms with Crippen LogP contribution in [-0.4, -0.2) is 37.0 Å². The van der Waals surface area contributed by atoms with Crippen LogP contribution in [0.25, 0.3) is 0 Å². The summed E-state index contributed by atoms with van der Waals surface area (Å²) in [6.45, 7) is 9.39. The molecule has 0 aliphatic carbocycles. The number of carbonyl (C=O) groups excluding carboxylic acids is 1. The molecule has 0 saturated carbocycles. The maximum atomic E-state index is 12.0. The molecule has 1 saturated heterocycles. The molecule has 0 bridgehead atoms. The van der Waals surface area contributed by atoms with E-state index >= 15 is 0 Å². The Kier molecular flexibility index (Phi) is 5.62. The third-order valence-corrected chi connectivity index (χ3v) is 3.85. The van der Waals surface area contributed by atoms with Crippen LogP contribution in [0.1, 0.15) is 38.8 Å². The quantitative estimate of drug-likeness (QED) is 0.839. The van der Waals surface area contributed by atoms with Crippen molar-refractivity contribution in [2.75, 3.05) is 26.2 Å². The number of rotatable bonds is 7. The van der Waals surface area contributed by atoms with Crippen molar-refractivity contribution in [3.8, 4) is 5.75 Å². The van der Waals surface area contributed by atoms with E-state index in [-0.39, 0.29) is 11.9 Å². The molecule has 4 heteroatoms. The molecule has 1 N–H and O–H groups in total. The Balaban J connectivity index is 2.05. The van der Waals surface area contributed by atoms with Crippen LogP contribution in [0.4, 0.5) is 0 Å². The first-order chi connectivity index (χ1) is 10.1. The lowest BCUT2D eigenvalue weighted by Gasteiger charge is -2.25. The fourth-order valence-corrected chi connectivity index (χ4v) is 2.86. The largest absolute Gasteiger partial charge is 0.494 e. The van der Waals surface area contributed by atoms with Gasteiger partial charge in [0.1, 0.15) is 5.75 Å². The van der Waals surface area contributed by atoms with E-state index < -0.39 is 0 Å². The third kappa shape index (κ3) is 4.21. The van der Waals surface area contributed by atoms with Crippen LogP contribution >= 0.6 is 0 Å². The van der Waals surface area contributed by atoms with Gasteiger partial charge in [0, 0.05) is 25.6 Å². The monoisotopic (exact) mass is 290 g/mol. The highest BCUT2D eigenvalue weighted by molar-refractivity contribution is 5.78. The molecule has 1 fully saturated rings. The van der Waals surface area contributed by atoms with Gasteiger partial charge in [0.05, 0.1) is 6.61 Å². The van der Waals surface area contributed by atoms with Crippen LogP contribution in [0.3, 0.4) is 0 Å². The summed E-state index contributed by atoms with van der Waals surface area (Å²) in [5.41, 5.74) is 1.20. The Bertz CT molecular complexity index is 458. The maximum absolute atomic E-state index is 12.0. The van der Waals surface area contributed by atoms with E-state index in [0.717, 1.165) is 25.4 Å². The van der Waals surface area contributed by atoms with Crippen LogP contribution < -0.4 is 10.1 Å². The Hall–Kier alpha value is -1.55. The van der Waals surface area contributed by atoms with Crippen LogP contribution in [0.15, 0.2) is 24.3 Å². The molecule has 4 nitrogen and oxygen atoms in total. The number of nitrogens with zero attached hydrogens (tertiary/aromatic N) is 1. The second kappa shape index (κ2) is 7.46.